The summed E-state index contributed by atoms with van der Waals surface area (Å²) in [5.74, 6) is 0. The molecule has 0 aliphatic heterocycles. The molecule has 1 heterocycles. The van der Waals surface area contributed by atoms with Crippen LogP contribution in [-0.2, 0) is 6.18 Å². The number of pyridine rings is 1. The summed E-state index contributed by atoms with van der Waals surface area (Å²) in [6.07, 6.45) is -7.49. The number of rotatable bonds is 1. The molecule has 0 aromatic carbocycles. The van der Waals surface area contributed by atoms with Crippen LogP contribution in [0.15, 0.2) is 10.5 Å². The Bertz CT molecular complexity index is 374. The van der Waals surface area contributed by atoms with E-state index < -0.39 is 29.6 Å². The van der Waals surface area contributed by atoms with E-state index in [4.69, 9.17) is 0 Å². The Morgan fingerprint density at radius 1 is 1.33 bits per heavy atom. The molecule has 0 radical (unpaired) electrons. The molecule has 1 nitrogen and oxygen atoms in total. The summed E-state index contributed by atoms with van der Waals surface area (Å²) in [5.41, 5.74) is -2.15. The van der Waals surface area contributed by atoms with Gasteiger partial charge >= 0.3 is 6.18 Å². The molecule has 0 saturated carbocycles. The van der Waals surface area contributed by atoms with Crippen molar-refractivity contribution in [1.82, 2.24) is 4.98 Å². The Kier molecular flexibility index (Phi) is 3.32. The van der Waals surface area contributed by atoms with E-state index in [0.29, 0.717) is 6.07 Å². The minimum Gasteiger partial charge on any atom is -0.250 e. The van der Waals surface area contributed by atoms with Gasteiger partial charge in [-0.05, 0) is 28.9 Å². The molecule has 0 atom stereocenters. The number of halogens is 6. The van der Waals surface area contributed by atoms with Crippen LogP contribution in [0.5, 0.6) is 0 Å². The van der Waals surface area contributed by atoms with Crippen LogP contribution >= 0.6 is 15.9 Å². The highest BCUT2D eigenvalue weighted by Gasteiger charge is 2.34. The molecular weight excluding hydrogens is 285 g/mol. The number of hydrogen-bond acceptors (Lipinski definition) is 1. The van der Waals surface area contributed by atoms with Gasteiger partial charge in [0.2, 0.25) is 0 Å². The van der Waals surface area contributed by atoms with Crippen LogP contribution in [0.3, 0.4) is 0 Å². The van der Waals surface area contributed by atoms with Gasteiger partial charge in [0.25, 0.3) is 6.43 Å². The lowest BCUT2D eigenvalue weighted by atomic mass is 10.2. The van der Waals surface area contributed by atoms with Crippen LogP contribution < -0.4 is 0 Å². The fourth-order valence-electron chi connectivity index (χ4n) is 1.04. The molecule has 0 spiro atoms. The van der Waals surface area contributed by atoms with Gasteiger partial charge in [-0.15, -0.1) is 0 Å². The SMILES string of the molecule is Cc1nc(C(F)F)c(Br)cc1C(F)(F)F. The van der Waals surface area contributed by atoms with Gasteiger partial charge < -0.3 is 0 Å². The number of hydrogen-bond donors (Lipinski definition) is 0. The maximum atomic E-state index is 12.3. The van der Waals surface area contributed by atoms with Crippen LogP contribution in [0.4, 0.5) is 22.0 Å². The third-order valence-electron chi connectivity index (χ3n) is 1.71. The first kappa shape index (κ1) is 12.4. The standard InChI is InChI=1S/C8H5BrF5N/c1-3-4(8(12,13)14)2-5(9)6(15-3)7(10)11/h2,7H,1H3. The van der Waals surface area contributed by atoms with E-state index in [1.54, 1.807) is 0 Å². The predicted octanol–water partition coefficient (Wildman–Crippen LogP) is 4.11. The summed E-state index contributed by atoms with van der Waals surface area (Å²) in [5, 5.41) is 0. The van der Waals surface area contributed by atoms with Gasteiger partial charge in [0.15, 0.2) is 0 Å². The van der Waals surface area contributed by atoms with Crippen molar-refractivity contribution in [1.29, 1.82) is 0 Å². The third-order valence-corrected chi connectivity index (χ3v) is 2.34. The van der Waals surface area contributed by atoms with Gasteiger partial charge in [-0.25, -0.2) is 8.78 Å². The molecule has 0 fully saturated rings. The van der Waals surface area contributed by atoms with Gasteiger partial charge in [0.1, 0.15) is 5.69 Å². The van der Waals surface area contributed by atoms with Crippen molar-refractivity contribution in [3.05, 3.63) is 27.5 Å². The van der Waals surface area contributed by atoms with Crippen LogP contribution in [0.1, 0.15) is 23.4 Å². The van der Waals surface area contributed by atoms with Crippen LogP contribution in [-0.4, -0.2) is 4.98 Å². The van der Waals surface area contributed by atoms with E-state index in [-0.39, 0.29) is 4.47 Å². The second kappa shape index (κ2) is 4.03. The van der Waals surface area contributed by atoms with Gasteiger partial charge in [-0.1, -0.05) is 0 Å². The van der Waals surface area contributed by atoms with E-state index in [2.05, 4.69) is 20.9 Å². The Morgan fingerprint density at radius 2 is 1.87 bits per heavy atom. The fourth-order valence-corrected chi connectivity index (χ4v) is 1.53. The lowest BCUT2D eigenvalue weighted by molar-refractivity contribution is -0.138. The van der Waals surface area contributed by atoms with Crippen LogP contribution in [0.2, 0.25) is 0 Å². The summed E-state index contributed by atoms with van der Waals surface area (Å²) >= 11 is 2.63. The molecule has 15 heavy (non-hydrogen) atoms. The van der Waals surface area contributed by atoms with Crippen LogP contribution in [0, 0.1) is 6.92 Å². The Balaban J connectivity index is 3.32. The zero-order chi connectivity index (χ0) is 11.8. The van der Waals surface area contributed by atoms with Crippen molar-refractivity contribution in [2.24, 2.45) is 0 Å². The summed E-state index contributed by atoms with van der Waals surface area (Å²) in [6, 6.07) is 0.615. The lowest BCUT2D eigenvalue weighted by Crippen LogP contribution is -2.10. The Labute approximate surface area is 90.4 Å². The van der Waals surface area contributed by atoms with Gasteiger partial charge in [0, 0.05) is 4.47 Å². The van der Waals surface area contributed by atoms with Gasteiger partial charge in [0.05, 0.1) is 11.3 Å². The quantitative estimate of drug-likeness (QED) is 0.709. The van der Waals surface area contributed by atoms with Crippen molar-refractivity contribution in [3.63, 3.8) is 0 Å². The molecule has 0 amide bonds. The molecule has 0 unspecified atom stereocenters. The molecule has 1 rings (SSSR count). The molecule has 1 aromatic heterocycles. The zero-order valence-corrected chi connectivity index (χ0v) is 8.96. The van der Waals surface area contributed by atoms with Crippen LogP contribution in [0.25, 0.3) is 0 Å². The molecule has 0 saturated heterocycles. The first-order valence-electron chi connectivity index (χ1n) is 3.76. The lowest BCUT2D eigenvalue weighted by Gasteiger charge is -2.12. The Hall–Kier alpha value is -0.720. The molecule has 7 heteroatoms. The molecule has 0 aliphatic rings. The number of aromatic nitrogens is 1. The summed E-state index contributed by atoms with van der Waals surface area (Å²) in [6.45, 7) is 1.04. The van der Waals surface area contributed by atoms with E-state index in [1.165, 1.54) is 0 Å². The van der Waals surface area contributed by atoms with Crippen molar-refractivity contribution < 1.29 is 22.0 Å². The smallest absolute Gasteiger partial charge is 0.250 e. The molecule has 0 bridgehead atoms. The predicted molar refractivity (Wildman–Crippen MR) is 46.6 cm³/mol. The normalized spacial score (nSPS) is 12.3. The average molecular weight is 290 g/mol. The van der Waals surface area contributed by atoms with E-state index in [9.17, 15) is 22.0 Å². The topological polar surface area (TPSA) is 12.9 Å². The maximum Gasteiger partial charge on any atom is 0.418 e. The summed E-state index contributed by atoms with van der Waals surface area (Å²) in [4.78, 5) is 3.22. The first-order chi connectivity index (χ1) is 6.73. The number of nitrogens with zero attached hydrogens (tertiary/aromatic N) is 1. The molecule has 1 aromatic rings. The maximum absolute atomic E-state index is 12.3. The highest BCUT2D eigenvalue weighted by atomic mass is 79.9. The highest BCUT2D eigenvalue weighted by Crippen LogP contribution is 2.35. The zero-order valence-electron chi connectivity index (χ0n) is 7.37. The highest BCUT2D eigenvalue weighted by molar-refractivity contribution is 9.10. The number of alkyl halides is 5. The second-order valence-electron chi connectivity index (χ2n) is 2.79. The Morgan fingerprint density at radius 3 is 2.27 bits per heavy atom. The van der Waals surface area contributed by atoms with Gasteiger partial charge in [-0.3, -0.25) is 4.98 Å². The average Bonchev–Trinajstić information content (AvgIpc) is 2.06. The molecule has 0 aliphatic carbocycles. The van der Waals surface area contributed by atoms with E-state index in [1.807, 2.05) is 0 Å². The van der Waals surface area contributed by atoms with Crippen molar-refractivity contribution >= 4 is 15.9 Å². The van der Waals surface area contributed by atoms with Crippen molar-refractivity contribution in [3.8, 4) is 0 Å². The van der Waals surface area contributed by atoms with Crippen molar-refractivity contribution in [2.75, 3.05) is 0 Å². The van der Waals surface area contributed by atoms with Gasteiger partial charge in [-0.2, -0.15) is 13.2 Å². The van der Waals surface area contributed by atoms with E-state index >= 15 is 0 Å². The van der Waals surface area contributed by atoms with Crippen molar-refractivity contribution in [2.45, 2.75) is 19.5 Å². The summed E-state index contributed by atoms with van der Waals surface area (Å²) < 4.78 is 61.1. The molecule has 0 N–H and O–H groups in total. The largest absolute Gasteiger partial charge is 0.418 e. The second-order valence-corrected chi connectivity index (χ2v) is 3.64. The molecular formula is C8H5BrF5N. The third kappa shape index (κ3) is 2.64. The monoisotopic (exact) mass is 289 g/mol. The fraction of sp³-hybridized carbons (Fsp3) is 0.375. The minimum atomic E-state index is -4.58. The minimum absolute atomic E-state index is 0.338. The first-order valence-corrected chi connectivity index (χ1v) is 4.55. The summed E-state index contributed by atoms with van der Waals surface area (Å²) in [7, 11) is 0. The number of aryl methyl sites for hydroxylation is 1. The molecule has 84 valence electrons. The van der Waals surface area contributed by atoms with E-state index in [0.717, 1.165) is 6.92 Å².